The summed E-state index contributed by atoms with van der Waals surface area (Å²) in [6, 6.07) is 8.56. The summed E-state index contributed by atoms with van der Waals surface area (Å²) in [6.07, 6.45) is 2.13. The van der Waals surface area contributed by atoms with E-state index in [-0.39, 0.29) is 40.0 Å². The predicted molar refractivity (Wildman–Crippen MR) is 111 cm³/mol. The maximum atomic E-state index is 13.0. The van der Waals surface area contributed by atoms with Crippen LogP contribution in [0.15, 0.2) is 47.4 Å². The molecule has 3 rings (SSSR count). The van der Waals surface area contributed by atoms with Gasteiger partial charge in [0.25, 0.3) is 15.9 Å². The number of nitrogens with one attached hydrogen (secondary N) is 2. The van der Waals surface area contributed by atoms with Gasteiger partial charge in [0.15, 0.2) is 0 Å². The molecule has 2 aromatic rings. The van der Waals surface area contributed by atoms with E-state index in [1.807, 2.05) is 0 Å². The third-order valence-corrected chi connectivity index (χ3v) is 6.38. The van der Waals surface area contributed by atoms with Crippen molar-refractivity contribution in [1.82, 2.24) is 10.2 Å². The molecule has 0 radical (unpaired) electrons. The van der Waals surface area contributed by atoms with E-state index < -0.39 is 21.7 Å². The van der Waals surface area contributed by atoms with Crippen LogP contribution in [0.4, 0.5) is 10.1 Å². The standard InChI is InChI=1S/C20H21ClFN3O4S/c21-18-8-7-16(30(28,29)24-15-5-3-14(22)4-6-15)13-17(18)20(27)23-10-9-19(26)25-11-1-2-12-25/h3-8,13,24H,1-2,9-12H2,(H,23,27). The van der Waals surface area contributed by atoms with Gasteiger partial charge < -0.3 is 10.2 Å². The molecule has 1 fully saturated rings. The highest BCUT2D eigenvalue weighted by molar-refractivity contribution is 7.92. The zero-order valence-corrected chi connectivity index (χ0v) is 17.6. The zero-order chi connectivity index (χ0) is 21.7. The smallest absolute Gasteiger partial charge is 0.261 e. The minimum Gasteiger partial charge on any atom is -0.351 e. The van der Waals surface area contributed by atoms with Gasteiger partial charge in [0.2, 0.25) is 5.91 Å². The summed E-state index contributed by atoms with van der Waals surface area (Å²) in [7, 11) is -4.02. The molecule has 2 amide bonds. The Morgan fingerprint density at radius 3 is 2.40 bits per heavy atom. The Morgan fingerprint density at radius 2 is 1.73 bits per heavy atom. The Balaban J connectivity index is 1.66. The molecule has 30 heavy (non-hydrogen) atoms. The van der Waals surface area contributed by atoms with Crippen LogP contribution in [0.1, 0.15) is 29.6 Å². The average molecular weight is 454 g/mol. The van der Waals surface area contributed by atoms with Crippen LogP contribution >= 0.6 is 11.6 Å². The summed E-state index contributed by atoms with van der Waals surface area (Å²) < 4.78 is 40.5. The molecule has 1 saturated heterocycles. The molecule has 2 N–H and O–H groups in total. The number of hydrogen-bond donors (Lipinski definition) is 2. The van der Waals surface area contributed by atoms with Crippen molar-refractivity contribution in [1.29, 1.82) is 0 Å². The maximum Gasteiger partial charge on any atom is 0.261 e. The molecule has 160 valence electrons. The van der Waals surface area contributed by atoms with Crippen LogP contribution in [0.3, 0.4) is 0 Å². The first kappa shape index (κ1) is 22.0. The van der Waals surface area contributed by atoms with Crippen LogP contribution in [0.2, 0.25) is 5.02 Å². The highest BCUT2D eigenvalue weighted by Crippen LogP contribution is 2.23. The molecule has 0 bridgehead atoms. The number of sulfonamides is 1. The topological polar surface area (TPSA) is 95.6 Å². The molecule has 0 unspecified atom stereocenters. The van der Waals surface area contributed by atoms with Gasteiger partial charge in [0, 0.05) is 31.7 Å². The quantitative estimate of drug-likeness (QED) is 0.673. The Bertz CT molecular complexity index is 1040. The van der Waals surface area contributed by atoms with Gasteiger partial charge in [-0.1, -0.05) is 11.6 Å². The Hall–Kier alpha value is -2.65. The highest BCUT2D eigenvalue weighted by atomic mass is 35.5. The number of halogens is 2. The normalized spacial score (nSPS) is 13.9. The lowest BCUT2D eigenvalue weighted by Crippen LogP contribution is -2.32. The minimum absolute atomic E-state index is 0.0210. The fraction of sp³-hybridized carbons (Fsp3) is 0.300. The second kappa shape index (κ2) is 9.44. The molecular formula is C20H21ClFN3O4S. The third kappa shape index (κ3) is 5.48. The molecule has 0 spiro atoms. The van der Waals surface area contributed by atoms with Gasteiger partial charge >= 0.3 is 0 Å². The zero-order valence-electron chi connectivity index (χ0n) is 16.0. The number of carbonyl (C=O) groups excluding carboxylic acids is 2. The first-order valence-corrected chi connectivity index (χ1v) is 11.3. The maximum absolute atomic E-state index is 13.0. The van der Waals surface area contributed by atoms with Crippen LogP contribution in [0.25, 0.3) is 0 Å². The highest BCUT2D eigenvalue weighted by Gasteiger charge is 2.20. The number of likely N-dealkylation sites (tertiary alicyclic amines) is 1. The lowest BCUT2D eigenvalue weighted by Gasteiger charge is -2.15. The minimum atomic E-state index is -4.02. The van der Waals surface area contributed by atoms with Gasteiger partial charge in [-0.15, -0.1) is 0 Å². The average Bonchev–Trinajstić information content (AvgIpc) is 3.24. The van der Waals surface area contributed by atoms with Crippen molar-refractivity contribution in [2.45, 2.75) is 24.2 Å². The number of carbonyl (C=O) groups is 2. The number of amides is 2. The molecule has 0 aliphatic carbocycles. The van der Waals surface area contributed by atoms with E-state index in [9.17, 15) is 22.4 Å². The predicted octanol–water partition coefficient (Wildman–Crippen LogP) is 3.02. The number of nitrogens with zero attached hydrogens (tertiary/aromatic N) is 1. The van der Waals surface area contributed by atoms with Gasteiger partial charge in [-0.2, -0.15) is 0 Å². The third-order valence-electron chi connectivity index (χ3n) is 4.67. The Morgan fingerprint density at radius 1 is 1.07 bits per heavy atom. The van der Waals surface area contributed by atoms with Crippen molar-refractivity contribution in [2.24, 2.45) is 0 Å². The van der Waals surface area contributed by atoms with E-state index in [1.165, 1.54) is 24.3 Å². The van der Waals surface area contributed by atoms with Gasteiger partial charge in [-0.3, -0.25) is 14.3 Å². The molecule has 1 aliphatic rings. The molecule has 0 saturated carbocycles. The van der Waals surface area contributed by atoms with E-state index in [1.54, 1.807) is 4.90 Å². The van der Waals surface area contributed by atoms with E-state index in [2.05, 4.69) is 10.0 Å². The monoisotopic (exact) mass is 453 g/mol. The first-order chi connectivity index (χ1) is 14.3. The molecule has 1 aliphatic heterocycles. The summed E-state index contributed by atoms with van der Waals surface area (Å²) in [6.45, 7) is 1.59. The Labute approximate surface area is 179 Å². The molecule has 0 atom stereocenters. The molecule has 1 heterocycles. The van der Waals surface area contributed by atoms with Crippen LogP contribution in [0.5, 0.6) is 0 Å². The van der Waals surface area contributed by atoms with Crippen molar-refractivity contribution in [3.63, 3.8) is 0 Å². The molecule has 7 nitrogen and oxygen atoms in total. The second-order valence-corrected chi connectivity index (χ2v) is 8.94. The van der Waals surface area contributed by atoms with Crippen molar-refractivity contribution in [3.8, 4) is 0 Å². The SMILES string of the molecule is O=C(NCCC(=O)N1CCCC1)c1cc(S(=O)(=O)Nc2ccc(F)cc2)ccc1Cl. The molecule has 2 aromatic carbocycles. The van der Waals surface area contributed by atoms with E-state index >= 15 is 0 Å². The number of rotatable bonds is 7. The number of anilines is 1. The number of hydrogen-bond acceptors (Lipinski definition) is 4. The second-order valence-electron chi connectivity index (χ2n) is 6.85. The van der Waals surface area contributed by atoms with Gasteiger partial charge in [-0.25, -0.2) is 12.8 Å². The summed E-state index contributed by atoms with van der Waals surface area (Å²) in [4.78, 5) is 26.1. The summed E-state index contributed by atoms with van der Waals surface area (Å²) in [5.74, 6) is -1.10. The van der Waals surface area contributed by atoms with E-state index in [4.69, 9.17) is 11.6 Å². The molecular weight excluding hydrogens is 433 g/mol. The van der Waals surface area contributed by atoms with Gasteiger partial charge in [0.1, 0.15) is 5.82 Å². The fourth-order valence-electron chi connectivity index (χ4n) is 3.08. The van der Waals surface area contributed by atoms with Gasteiger partial charge in [-0.05, 0) is 55.3 Å². The fourth-order valence-corrected chi connectivity index (χ4v) is 4.37. The summed E-state index contributed by atoms with van der Waals surface area (Å²) >= 11 is 6.07. The molecule has 10 heteroatoms. The van der Waals surface area contributed by atoms with E-state index in [0.29, 0.717) is 0 Å². The summed E-state index contributed by atoms with van der Waals surface area (Å²) in [5, 5.41) is 2.68. The van der Waals surface area contributed by atoms with Crippen LogP contribution in [0, 0.1) is 5.82 Å². The summed E-state index contributed by atoms with van der Waals surface area (Å²) in [5.41, 5.74) is 0.157. The van der Waals surface area contributed by atoms with Gasteiger partial charge in [0.05, 0.1) is 15.5 Å². The largest absolute Gasteiger partial charge is 0.351 e. The Kier molecular flexibility index (Phi) is 6.94. The van der Waals surface area contributed by atoms with Crippen molar-refractivity contribution in [3.05, 3.63) is 58.9 Å². The van der Waals surface area contributed by atoms with Crippen molar-refractivity contribution < 1.29 is 22.4 Å². The number of benzene rings is 2. The van der Waals surface area contributed by atoms with Crippen molar-refractivity contribution in [2.75, 3.05) is 24.4 Å². The van der Waals surface area contributed by atoms with Crippen LogP contribution in [-0.4, -0.2) is 44.8 Å². The lowest BCUT2D eigenvalue weighted by molar-refractivity contribution is -0.129. The van der Waals surface area contributed by atoms with Crippen molar-refractivity contribution >= 4 is 39.1 Å². The lowest BCUT2D eigenvalue weighted by atomic mass is 10.2. The first-order valence-electron chi connectivity index (χ1n) is 9.40. The molecule has 0 aromatic heterocycles. The van der Waals surface area contributed by atoms with E-state index in [0.717, 1.165) is 44.1 Å². The van der Waals surface area contributed by atoms with Crippen LogP contribution < -0.4 is 10.0 Å². The van der Waals surface area contributed by atoms with Crippen LogP contribution in [-0.2, 0) is 14.8 Å².